The highest BCUT2D eigenvalue weighted by Gasteiger charge is 2.21. The minimum Gasteiger partial charge on any atom is -0.497 e. The lowest BCUT2D eigenvalue weighted by Gasteiger charge is -2.26. The van der Waals surface area contributed by atoms with Gasteiger partial charge < -0.3 is 15.4 Å². The van der Waals surface area contributed by atoms with Crippen LogP contribution in [0.1, 0.15) is 36.4 Å². The van der Waals surface area contributed by atoms with E-state index in [0.29, 0.717) is 13.0 Å². The molecule has 4 heteroatoms. The summed E-state index contributed by atoms with van der Waals surface area (Å²) in [5, 5.41) is 6.12. The van der Waals surface area contributed by atoms with Crippen LogP contribution in [0, 0.1) is 0 Å². The third-order valence-electron chi connectivity index (χ3n) is 3.60. The molecule has 2 rings (SSSR count). The molecule has 0 saturated carbocycles. The highest BCUT2D eigenvalue weighted by Crippen LogP contribution is 2.32. The molecule has 1 unspecified atom stereocenters. The third-order valence-corrected chi connectivity index (χ3v) is 3.60. The van der Waals surface area contributed by atoms with E-state index >= 15 is 0 Å². The van der Waals surface area contributed by atoms with Gasteiger partial charge in [-0.3, -0.25) is 4.79 Å². The Labute approximate surface area is 114 Å². The maximum Gasteiger partial charge on any atom is 0.221 e. The third kappa shape index (κ3) is 3.47. The van der Waals surface area contributed by atoms with Crippen LogP contribution in [0.4, 0.5) is 0 Å². The summed E-state index contributed by atoms with van der Waals surface area (Å²) in [6, 6.07) is 6.29. The molecule has 0 heterocycles. The minimum absolute atomic E-state index is 0.114. The van der Waals surface area contributed by atoms with Gasteiger partial charge in [0.15, 0.2) is 0 Å². The number of carbonyl (C=O) groups excluding carboxylic acids is 1. The van der Waals surface area contributed by atoms with Gasteiger partial charge in [-0.15, -0.1) is 0 Å². The zero-order valence-corrected chi connectivity index (χ0v) is 11.7. The molecule has 19 heavy (non-hydrogen) atoms. The Kier molecular flexibility index (Phi) is 4.80. The number of methoxy groups -OCH3 is 1. The van der Waals surface area contributed by atoms with E-state index in [2.05, 4.69) is 22.8 Å². The lowest BCUT2D eigenvalue weighted by molar-refractivity contribution is -0.121. The number of benzene rings is 1. The van der Waals surface area contributed by atoms with Crippen LogP contribution in [0.3, 0.4) is 0 Å². The van der Waals surface area contributed by atoms with Gasteiger partial charge in [0.25, 0.3) is 0 Å². The summed E-state index contributed by atoms with van der Waals surface area (Å²) in [4.78, 5) is 11.8. The van der Waals surface area contributed by atoms with Crippen molar-refractivity contribution in [3.05, 3.63) is 29.3 Å². The second-order valence-electron chi connectivity index (χ2n) is 4.93. The molecule has 0 bridgehead atoms. The number of rotatable bonds is 5. The number of aryl methyl sites for hydroxylation is 1. The van der Waals surface area contributed by atoms with Crippen LogP contribution in [0.2, 0.25) is 0 Å². The van der Waals surface area contributed by atoms with E-state index < -0.39 is 0 Å². The normalized spacial score (nSPS) is 17.7. The second kappa shape index (κ2) is 6.57. The van der Waals surface area contributed by atoms with Crippen LogP contribution in [0.5, 0.6) is 5.75 Å². The fraction of sp³-hybridized carbons (Fsp3) is 0.533. The number of amides is 1. The van der Waals surface area contributed by atoms with Gasteiger partial charge in [0, 0.05) is 13.0 Å². The summed E-state index contributed by atoms with van der Waals surface area (Å²) in [7, 11) is 3.54. The predicted octanol–water partition coefficient (Wildman–Crippen LogP) is 1.80. The van der Waals surface area contributed by atoms with Gasteiger partial charge in [0.05, 0.1) is 13.2 Å². The number of nitrogens with one attached hydrogen (secondary N) is 2. The van der Waals surface area contributed by atoms with Crippen molar-refractivity contribution in [3.63, 3.8) is 0 Å². The molecular formula is C15H22N2O2. The molecule has 0 spiro atoms. The van der Waals surface area contributed by atoms with E-state index in [1.807, 2.05) is 13.1 Å². The zero-order valence-electron chi connectivity index (χ0n) is 11.7. The molecule has 0 aromatic heterocycles. The lowest BCUT2D eigenvalue weighted by atomic mass is 9.87. The summed E-state index contributed by atoms with van der Waals surface area (Å²) in [5.74, 6) is 1.00. The molecule has 0 saturated heterocycles. The van der Waals surface area contributed by atoms with Crippen LogP contribution in [-0.4, -0.2) is 26.6 Å². The van der Waals surface area contributed by atoms with E-state index in [-0.39, 0.29) is 11.9 Å². The number of ether oxygens (including phenoxy) is 1. The number of hydrogen-bond donors (Lipinski definition) is 2. The standard InChI is InChI=1S/C15H22N2O2/c1-16-9-8-15(18)17-14-5-3-4-11-10-12(19-2)6-7-13(11)14/h6-7,10,14,16H,3-5,8-9H2,1-2H3,(H,17,18). The lowest BCUT2D eigenvalue weighted by Crippen LogP contribution is -2.32. The molecule has 0 fully saturated rings. The minimum atomic E-state index is 0.114. The van der Waals surface area contributed by atoms with Gasteiger partial charge in [-0.2, -0.15) is 0 Å². The molecule has 4 nitrogen and oxygen atoms in total. The summed E-state index contributed by atoms with van der Waals surface area (Å²) >= 11 is 0. The van der Waals surface area contributed by atoms with Crippen LogP contribution in [0.15, 0.2) is 18.2 Å². The van der Waals surface area contributed by atoms with Crippen LogP contribution < -0.4 is 15.4 Å². The molecule has 1 aromatic carbocycles. The largest absolute Gasteiger partial charge is 0.497 e. The summed E-state index contributed by atoms with van der Waals surface area (Å²) in [6.45, 7) is 0.716. The average Bonchev–Trinajstić information content (AvgIpc) is 2.44. The highest BCUT2D eigenvalue weighted by molar-refractivity contribution is 5.76. The zero-order chi connectivity index (χ0) is 13.7. The van der Waals surface area contributed by atoms with Crippen molar-refractivity contribution in [3.8, 4) is 5.75 Å². The van der Waals surface area contributed by atoms with E-state index in [1.165, 1.54) is 11.1 Å². The Bertz CT molecular complexity index is 446. The maximum atomic E-state index is 11.8. The van der Waals surface area contributed by atoms with Crippen molar-refractivity contribution in [1.82, 2.24) is 10.6 Å². The van der Waals surface area contributed by atoms with Crippen molar-refractivity contribution >= 4 is 5.91 Å². The average molecular weight is 262 g/mol. The van der Waals surface area contributed by atoms with Crippen LogP contribution >= 0.6 is 0 Å². The van der Waals surface area contributed by atoms with Crippen molar-refractivity contribution < 1.29 is 9.53 Å². The fourth-order valence-corrected chi connectivity index (χ4v) is 2.57. The molecule has 1 amide bonds. The topological polar surface area (TPSA) is 50.4 Å². The van der Waals surface area contributed by atoms with Crippen molar-refractivity contribution in [2.24, 2.45) is 0 Å². The Balaban J connectivity index is 2.07. The summed E-state index contributed by atoms with van der Waals surface area (Å²) in [6.07, 6.45) is 3.72. The number of carbonyl (C=O) groups is 1. The van der Waals surface area contributed by atoms with Crippen molar-refractivity contribution in [2.75, 3.05) is 20.7 Å². The SMILES string of the molecule is CNCCC(=O)NC1CCCc2cc(OC)ccc21. The molecule has 104 valence electrons. The Morgan fingerprint density at radius 2 is 2.32 bits per heavy atom. The van der Waals surface area contributed by atoms with E-state index in [4.69, 9.17) is 4.74 Å². The van der Waals surface area contributed by atoms with E-state index in [0.717, 1.165) is 25.0 Å². The Hall–Kier alpha value is -1.55. The first-order chi connectivity index (χ1) is 9.24. The molecule has 1 aliphatic rings. The Morgan fingerprint density at radius 1 is 1.47 bits per heavy atom. The van der Waals surface area contributed by atoms with Crippen molar-refractivity contribution in [1.29, 1.82) is 0 Å². The van der Waals surface area contributed by atoms with Crippen molar-refractivity contribution in [2.45, 2.75) is 31.7 Å². The molecule has 1 aliphatic carbocycles. The molecule has 1 atom stereocenters. The number of fused-ring (bicyclic) bond motifs is 1. The summed E-state index contributed by atoms with van der Waals surface area (Å²) < 4.78 is 5.25. The maximum absolute atomic E-state index is 11.8. The first kappa shape index (κ1) is 13.9. The van der Waals surface area contributed by atoms with E-state index in [1.54, 1.807) is 7.11 Å². The quantitative estimate of drug-likeness (QED) is 0.850. The fourth-order valence-electron chi connectivity index (χ4n) is 2.57. The molecule has 0 aliphatic heterocycles. The molecule has 0 radical (unpaired) electrons. The summed E-state index contributed by atoms with van der Waals surface area (Å²) in [5.41, 5.74) is 2.54. The van der Waals surface area contributed by atoms with Crippen LogP contribution in [-0.2, 0) is 11.2 Å². The predicted molar refractivity (Wildman–Crippen MR) is 75.4 cm³/mol. The monoisotopic (exact) mass is 262 g/mol. The molecule has 1 aromatic rings. The van der Waals surface area contributed by atoms with Gasteiger partial charge in [-0.05, 0) is 49.6 Å². The first-order valence-electron chi connectivity index (χ1n) is 6.85. The van der Waals surface area contributed by atoms with Gasteiger partial charge >= 0.3 is 0 Å². The Morgan fingerprint density at radius 3 is 3.05 bits per heavy atom. The van der Waals surface area contributed by atoms with Gasteiger partial charge in [0.2, 0.25) is 5.91 Å². The first-order valence-corrected chi connectivity index (χ1v) is 6.85. The second-order valence-corrected chi connectivity index (χ2v) is 4.93. The van der Waals surface area contributed by atoms with Gasteiger partial charge in [-0.25, -0.2) is 0 Å². The highest BCUT2D eigenvalue weighted by atomic mass is 16.5. The smallest absolute Gasteiger partial charge is 0.221 e. The number of hydrogen-bond acceptors (Lipinski definition) is 3. The van der Waals surface area contributed by atoms with Crippen LogP contribution in [0.25, 0.3) is 0 Å². The van der Waals surface area contributed by atoms with Gasteiger partial charge in [0.1, 0.15) is 5.75 Å². The molecular weight excluding hydrogens is 240 g/mol. The van der Waals surface area contributed by atoms with Gasteiger partial charge in [-0.1, -0.05) is 6.07 Å². The van der Waals surface area contributed by atoms with E-state index in [9.17, 15) is 4.79 Å². The molecule has 2 N–H and O–H groups in total.